The lowest BCUT2D eigenvalue weighted by Gasteiger charge is -2.34. The number of benzene rings is 1. The molecular formula is C24H39N7O. The van der Waals surface area contributed by atoms with Crippen LogP contribution < -0.4 is 10.6 Å². The molecule has 0 amide bonds. The van der Waals surface area contributed by atoms with E-state index >= 15 is 0 Å². The van der Waals surface area contributed by atoms with Crippen LogP contribution in [0.1, 0.15) is 37.5 Å². The van der Waals surface area contributed by atoms with E-state index < -0.39 is 5.60 Å². The Kier molecular flexibility index (Phi) is 8.67. The molecule has 1 atom stereocenters. The molecule has 8 heteroatoms. The van der Waals surface area contributed by atoms with Gasteiger partial charge in [0, 0.05) is 58.1 Å². The van der Waals surface area contributed by atoms with Crippen molar-refractivity contribution in [3.63, 3.8) is 0 Å². The molecule has 1 aliphatic rings. The average Bonchev–Trinajstić information content (AvgIpc) is 3.24. The zero-order chi connectivity index (χ0) is 23.0. The number of aryl methyl sites for hydroxylation is 1. The van der Waals surface area contributed by atoms with Crippen LogP contribution in [0.3, 0.4) is 0 Å². The van der Waals surface area contributed by atoms with Gasteiger partial charge in [-0.1, -0.05) is 31.2 Å². The predicted octanol–water partition coefficient (Wildman–Crippen LogP) is 1.52. The highest BCUT2D eigenvalue weighted by molar-refractivity contribution is 5.79. The van der Waals surface area contributed by atoms with Crippen molar-refractivity contribution < 1.29 is 5.11 Å². The summed E-state index contributed by atoms with van der Waals surface area (Å²) in [6.07, 6.45) is 3.52. The van der Waals surface area contributed by atoms with Crippen LogP contribution in [0.5, 0.6) is 0 Å². The molecule has 0 radical (unpaired) electrons. The Balaban J connectivity index is 1.52. The van der Waals surface area contributed by atoms with Crippen LogP contribution in [-0.2, 0) is 25.7 Å². The summed E-state index contributed by atoms with van der Waals surface area (Å²) in [5.41, 5.74) is 2.25. The molecule has 3 rings (SSSR count). The van der Waals surface area contributed by atoms with Gasteiger partial charge in [0.1, 0.15) is 5.60 Å². The molecule has 1 fully saturated rings. The Morgan fingerprint density at radius 2 is 1.72 bits per heavy atom. The number of likely N-dealkylation sites (N-methyl/N-ethyl adjacent to an activating group) is 1. The van der Waals surface area contributed by atoms with Crippen LogP contribution in [0.4, 0.5) is 0 Å². The summed E-state index contributed by atoms with van der Waals surface area (Å²) < 4.78 is 1.69. The van der Waals surface area contributed by atoms with Crippen molar-refractivity contribution in [1.29, 1.82) is 0 Å². The molecule has 2 aromatic rings. The van der Waals surface area contributed by atoms with E-state index in [0.29, 0.717) is 19.0 Å². The first kappa shape index (κ1) is 24.2. The minimum absolute atomic E-state index is 0.342. The molecule has 8 nitrogen and oxygen atoms in total. The number of guanidine groups is 1. The molecule has 2 heterocycles. The Bertz CT molecular complexity index is 851. The second kappa shape index (κ2) is 11.4. The third-order valence-corrected chi connectivity index (χ3v) is 6.03. The maximum absolute atomic E-state index is 10.8. The number of nitrogens with one attached hydrogen (secondary N) is 2. The molecule has 1 aromatic carbocycles. The largest absolute Gasteiger partial charge is 0.383 e. The fourth-order valence-corrected chi connectivity index (χ4v) is 3.84. The van der Waals surface area contributed by atoms with Gasteiger partial charge in [-0.05, 0) is 31.5 Å². The van der Waals surface area contributed by atoms with Crippen molar-refractivity contribution in [2.45, 2.75) is 39.5 Å². The zero-order valence-electron chi connectivity index (χ0n) is 20.0. The third-order valence-electron chi connectivity index (χ3n) is 6.03. The second-order valence-corrected chi connectivity index (χ2v) is 8.75. The number of aromatic nitrogens is 2. The van der Waals surface area contributed by atoms with E-state index in [1.165, 1.54) is 11.1 Å². The molecular weight excluding hydrogens is 402 g/mol. The van der Waals surface area contributed by atoms with E-state index in [-0.39, 0.29) is 0 Å². The highest BCUT2D eigenvalue weighted by atomic mass is 16.3. The van der Waals surface area contributed by atoms with Crippen LogP contribution in [0, 0.1) is 0 Å². The minimum Gasteiger partial charge on any atom is -0.383 e. The van der Waals surface area contributed by atoms with E-state index in [1.54, 1.807) is 17.8 Å². The smallest absolute Gasteiger partial charge is 0.191 e. The van der Waals surface area contributed by atoms with Crippen molar-refractivity contribution in [2.24, 2.45) is 12.0 Å². The summed E-state index contributed by atoms with van der Waals surface area (Å²) in [5, 5.41) is 21.4. The lowest BCUT2D eigenvalue weighted by molar-refractivity contribution is 0.0616. The van der Waals surface area contributed by atoms with Gasteiger partial charge >= 0.3 is 0 Å². The topological polar surface area (TPSA) is 81.0 Å². The summed E-state index contributed by atoms with van der Waals surface area (Å²) in [4.78, 5) is 9.73. The number of hydrogen-bond acceptors (Lipinski definition) is 5. The minimum atomic E-state index is -1.03. The van der Waals surface area contributed by atoms with Crippen LogP contribution in [0.15, 0.2) is 41.7 Å². The van der Waals surface area contributed by atoms with Crippen LogP contribution in [0.2, 0.25) is 0 Å². The molecule has 1 aromatic heterocycles. The molecule has 1 unspecified atom stereocenters. The summed E-state index contributed by atoms with van der Waals surface area (Å²) in [6.45, 7) is 14.5. The Hall–Kier alpha value is -2.42. The lowest BCUT2D eigenvalue weighted by Crippen LogP contribution is -2.45. The highest BCUT2D eigenvalue weighted by Crippen LogP contribution is 2.18. The molecule has 1 saturated heterocycles. The van der Waals surface area contributed by atoms with Crippen LogP contribution >= 0.6 is 0 Å². The van der Waals surface area contributed by atoms with Crippen LogP contribution in [0.25, 0.3) is 0 Å². The average molecular weight is 442 g/mol. The summed E-state index contributed by atoms with van der Waals surface area (Å²) in [7, 11) is 1.84. The van der Waals surface area contributed by atoms with Gasteiger partial charge in [-0.2, -0.15) is 5.10 Å². The first-order valence-electron chi connectivity index (χ1n) is 11.7. The van der Waals surface area contributed by atoms with Gasteiger partial charge in [-0.25, -0.2) is 4.99 Å². The van der Waals surface area contributed by atoms with Crippen molar-refractivity contribution in [2.75, 3.05) is 45.8 Å². The van der Waals surface area contributed by atoms with Gasteiger partial charge in [-0.3, -0.25) is 9.58 Å². The lowest BCUT2D eigenvalue weighted by atomic mass is 10.00. The van der Waals surface area contributed by atoms with Gasteiger partial charge < -0.3 is 20.6 Å². The van der Waals surface area contributed by atoms with E-state index in [2.05, 4.69) is 56.7 Å². The molecule has 1 aliphatic heterocycles. The summed E-state index contributed by atoms with van der Waals surface area (Å²) in [5.74, 6) is 0.689. The molecule has 176 valence electrons. The fraction of sp³-hybridized carbons (Fsp3) is 0.583. The van der Waals surface area contributed by atoms with Crippen molar-refractivity contribution in [3.05, 3.63) is 53.3 Å². The SMILES string of the molecule is CCNC(=NCc1ccc(CN2CCN(CC)CC2)cc1)NCC(C)(O)c1cnn(C)c1. The van der Waals surface area contributed by atoms with Crippen molar-refractivity contribution in [1.82, 2.24) is 30.2 Å². The van der Waals surface area contributed by atoms with Gasteiger partial charge in [0.05, 0.1) is 19.3 Å². The normalized spacial score (nSPS) is 17.8. The number of hydrogen-bond donors (Lipinski definition) is 3. The predicted molar refractivity (Wildman–Crippen MR) is 129 cm³/mol. The summed E-state index contributed by atoms with van der Waals surface area (Å²) >= 11 is 0. The molecule has 0 saturated carbocycles. The van der Waals surface area contributed by atoms with E-state index in [4.69, 9.17) is 4.99 Å². The Morgan fingerprint density at radius 1 is 1.06 bits per heavy atom. The number of rotatable bonds is 9. The second-order valence-electron chi connectivity index (χ2n) is 8.75. The molecule has 0 aliphatic carbocycles. The van der Waals surface area contributed by atoms with Gasteiger partial charge in [-0.15, -0.1) is 0 Å². The van der Waals surface area contributed by atoms with Crippen LogP contribution in [-0.4, -0.2) is 76.5 Å². The highest BCUT2D eigenvalue weighted by Gasteiger charge is 2.25. The standard InChI is InChI=1S/C24H39N7O/c1-5-25-23(27-19-24(3,32)22-16-28-29(4)18-22)26-15-20-7-9-21(10-8-20)17-31-13-11-30(6-2)12-14-31/h7-10,16,18,32H,5-6,11-15,17,19H2,1-4H3,(H2,25,26,27). The van der Waals surface area contributed by atoms with Crippen molar-refractivity contribution >= 4 is 5.96 Å². The molecule has 32 heavy (non-hydrogen) atoms. The molecule has 0 bridgehead atoms. The number of piperazine rings is 1. The fourth-order valence-electron chi connectivity index (χ4n) is 3.84. The van der Waals surface area contributed by atoms with Gasteiger partial charge in [0.25, 0.3) is 0 Å². The first-order chi connectivity index (χ1) is 15.4. The number of nitrogens with zero attached hydrogens (tertiary/aromatic N) is 5. The first-order valence-corrected chi connectivity index (χ1v) is 11.7. The monoisotopic (exact) mass is 441 g/mol. The zero-order valence-corrected chi connectivity index (χ0v) is 20.0. The molecule has 3 N–H and O–H groups in total. The van der Waals surface area contributed by atoms with Crippen molar-refractivity contribution in [3.8, 4) is 0 Å². The summed E-state index contributed by atoms with van der Waals surface area (Å²) in [6, 6.07) is 8.75. The van der Waals surface area contributed by atoms with Gasteiger partial charge in [0.15, 0.2) is 5.96 Å². The van der Waals surface area contributed by atoms with E-state index in [1.807, 2.05) is 20.2 Å². The maximum atomic E-state index is 10.8. The van der Waals surface area contributed by atoms with Gasteiger partial charge in [0.2, 0.25) is 0 Å². The molecule has 0 spiro atoms. The third kappa shape index (κ3) is 7.05. The van der Waals surface area contributed by atoms with E-state index in [0.717, 1.165) is 51.4 Å². The van der Waals surface area contributed by atoms with E-state index in [9.17, 15) is 5.11 Å². The Morgan fingerprint density at radius 3 is 2.31 bits per heavy atom. The number of aliphatic hydroxyl groups is 1. The Labute approximate surface area is 192 Å². The number of aliphatic imine (C=N–C) groups is 1. The quantitative estimate of drug-likeness (QED) is 0.404. The maximum Gasteiger partial charge on any atom is 0.191 e.